The van der Waals surface area contributed by atoms with Crippen LogP contribution in [-0.4, -0.2) is 29.4 Å². The summed E-state index contributed by atoms with van der Waals surface area (Å²) in [6.07, 6.45) is 22.2. The fourth-order valence-electron chi connectivity index (χ4n) is 4.04. The van der Waals surface area contributed by atoms with E-state index in [1.807, 2.05) is 6.92 Å². The highest BCUT2D eigenvalue weighted by Gasteiger charge is 2.22. The Hall–Kier alpha value is -0.130. The standard InChI is InChI=1S/C24H50O4S/c1-3-5-6-7-8-9-10-11-12-13-14-15-16-17-18-20-23(25)21-22-24(19-4-2)29(26,27)28/h23-25H,3-22H2,1-2H3,(H,26,27,28). The van der Waals surface area contributed by atoms with Crippen LogP contribution in [0, 0.1) is 0 Å². The zero-order chi connectivity index (χ0) is 21.8. The lowest BCUT2D eigenvalue weighted by Crippen LogP contribution is -2.22. The van der Waals surface area contributed by atoms with E-state index in [-0.39, 0.29) is 0 Å². The Balaban J connectivity index is 3.41. The fraction of sp³-hybridized carbons (Fsp3) is 1.00. The predicted molar refractivity (Wildman–Crippen MR) is 125 cm³/mol. The first-order valence-electron chi connectivity index (χ1n) is 12.6. The maximum absolute atomic E-state index is 11.3. The molecule has 0 spiro atoms. The molecule has 0 aromatic heterocycles. The average molecular weight is 435 g/mol. The van der Waals surface area contributed by atoms with Crippen molar-refractivity contribution in [1.29, 1.82) is 0 Å². The summed E-state index contributed by atoms with van der Waals surface area (Å²) < 4.78 is 31.9. The second-order valence-corrected chi connectivity index (χ2v) is 10.6. The molecule has 2 unspecified atom stereocenters. The molecule has 2 atom stereocenters. The molecule has 0 rings (SSSR count). The molecule has 0 aromatic carbocycles. The summed E-state index contributed by atoms with van der Waals surface area (Å²) in [5, 5.41) is 9.34. The minimum absolute atomic E-state index is 0.354. The highest BCUT2D eigenvalue weighted by molar-refractivity contribution is 7.86. The van der Waals surface area contributed by atoms with Crippen LogP contribution in [0.2, 0.25) is 0 Å². The van der Waals surface area contributed by atoms with Crippen LogP contribution < -0.4 is 0 Å². The highest BCUT2D eigenvalue weighted by Crippen LogP contribution is 2.18. The third kappa shape index (κ3) is 19.6. The lowest BCUT2D eigenvalue weighted by molar-refractivity contribution is 0.147. The van der Waals surface area contributed by atoms with Gasteiger partial charge in [0.25, 0.3) is 10.1 Å². The molecule has 0 heterocycles. The van der Waals surface area contributed by atoms with E-state index in [0.717, 1.165) is 25.7 Å². The largest absolute Gasteiger partial charge is 0.393 e. The van der Waals surface area contributed by atoms with Crippen LogP contribution in [-0.2, 0) is 10.1 Å². The zero-order valence-corrected chi connectivity index (χ0v) is 20.2. The zero-order valence-electron chi connectivity index (χ0n) is 19.4. The molecule has 29 heavy (non-hydrogen) atoms. The number of rotatable bonds is 22. The van der Waals surface area contributed by atoms with Gasteiger partial charge in [0.1, 0.15) is 0 Å². The van der Waals surface area contributed by atoms with Crippen LogP contribution in [0.15, 0.2) is 0 Å². The lowest BCUT2D eigenvalue weighted by atomic mass is 10.0. The quantitative estimate of drug-likeness (QED) is 0.137. The molecule has 0 saturated carbocycles. The van der Waals surface area contributed by atoms with Gasteiger partial charge in [-0.15, -0.1) is 0 Å². The molecular weight excluding hydrogens is 384 g/mol. The molecule has 5 heteroatoms. The van der Waals surface area contributed by atoms with E-state index < -0.39 is 21.5 Å². The SMILES string of the molecule is CCCCCCCCCCCCCCCCCC(O)CCC(CCC)S(=O)(=O)O. The molecule has 2 N–H and O–H groups in total. The first-order valence-corrected chi connectivity index (χ1v) is 14.1. The van der Waals surface area contributed by atoms with Gasteiger partial charge in [0, 0.05) is 0 Å². The minimum Gasteiger partial charge on any atom is -0.393 e. The van der Waals surface area contributed by atoms with Gasteiger partial charge in [0.15, 0.2) is 0 Å². The van der Waals surface area contributed by atoms with Gasteiger partial charge in [-0.3, -0.25) is 4.55 Å². The van der Waals surface area contributed by atoms with Crippen molar-refractivity contribution in [2.24, 2.45) is 0 Å². The Bertz CT molecular complexity index is 436. The summed E-state index contributed by atoms with van der Waals surface area (Å²) in [5.41, 5.74) is 0. The van der Waals surface area contributed by atoms with Gasteiger partial charge in [0.2, 0.25) is 0 Å². The van der Waals surface area contributed by atoms with Crippen LogP contribution in [0.25, 0.3) is 0 Å². The van der Waals surface area contributed by atoms with Crippen LogP contribution in [0.5, 0.6) is 0 Å². The van der Waals surface area contributed by atoms with E-state index in [4.69, 9.17) is 0 Å². The van der Waals surface area contributed by atoms with Gasteiger partial charge in [-0.2, -0.15) is 8.42 Å². The lowest BCUT2D eigenvalue weighted by Gasteiger charge is -2.15. The molecule has 4 nitrogen and oxygen atoms in total. The van der Waals surface area contributed by atoms with E-state index >= 15 is 0 Å². The summed E-state index contributed by atoms with van der Waals surface area (Å²) in [7, 11) is -3.98. The van der Waals surface area contributed by atoms with Gasteiger partial charge < -0.3 is 5.11 Å². The predicted octanol–water partition coefficient (Wildman–Crippen LogP) is 7.45. The molecule has 0 saturated heterocycles. The van der Waals surface area contributed by atoms with Crippen molar-refractivity contribution in [3.63, 3.8) is 0 Å². The van der Waals surface area contributed by atoms with Crippen LogP contribution in [0.3, 0.4) is 0 Å². The Morgan fingerprint density at radius 2 is 0.966 bits per heavy atom. The van der Waals surface area contributed by atoms with Crippen molar-refractivity contribution in [2.75, 3.05) is 0 Å². The maximum Gasteiger partial charge on any atom is 0.267 e. The molecule has 0 aliphatic heterocycles. The van der Waals surface area contributed by atoms with Crippen molar-refractivity contribution >= 4 is 10.1 Å². The molecule has 0 radical (unpaired) electrons. The highest BCUT2D eigenvalue weighted by atomic mass is 32.2. The van der Waals surface area contributed by atoms with Crippen molar-refractivity contribution in [3.05, 3.63) is 0 Å². The Morgan fingerprint density at radius 1 is 0.552 bits per heavy atom. The van der Waals surface area contributed by atoms with Crippen LogP contribution >= 0.6 is 0 Å². The molecule has 0 fully saturated rings. The molecule has 0 aliphatic rings. The minimum atomic E-state index is -3.98. The first-order chi connectivity index (χ1) is 13.9. The first kappa shape index (κ1) is 28.9. The molecule has 176 valence electrons. The summed E-state index contributed by atoms with van der Waals surface area (Å²) in [4.78, 5) is 0. The Labute approximate surface area is 182 Å². The Kier molecular flexibility index (Phi) is 19.7. The second-order valence-electron chi connectivity index (χ2n) is 8.90. The number of aliphatic hydroxyl groups is 1. The van der Waals surface area contributed by atoms with Gasteiger partial charge in [0.05, 0.1) is 11.4 Å². The van der Waals surface area contributed by atoms with E-state index in [1.54, 1.807) is 0 Å². The van der Waals surface area contributed by atoms with Gasteiger partial charge in [-0.1, -0.05) is 117 Å². The summed E-state index contributed by atoms with van der Waals surface area (Å²) >= 11 is 0. The number of hydrogen-bond acceptors (Lipinski definition) is 3. The number of unbranched alkanes of at least 4 members (excludes halogenated alkanes) is 14. The summed E-state index contributed by atoms with van der Waals surface area (Å²) in [6, 6.07) is 0. The number of hydrogen-bond donors (Lipinski definition) is 2. The normalized spacial score (nSPS) is 14.2. The summed E-state index contributed by atoms with van der Waals surface area (Å²) in [6.45, 7) is 4.17. The van der Waals surface area contributed by atoms with Gasteiger partial charge in [-0.25, -0.2) is 0 Å². The fourth-order valence-corrected chi connectivity index (χ4v) is 5.01. The number of aliphatic hydroxyl groups excluding tert-OH is 1. The van der Waals surface area contributed by atoms with Gasteiger partial charge in [-0.05, 0) is 25.7 Å². The molecule has 0 amide bonds. The Morgan fingerprint density at radius 3 is 1.34 bits per heavy atom. The molecule has 0 aliphatic carbocycles. The van der Waals surface area contributed by atoms with Crippen molar-refractivity contribution in [1.82, 2.24) is 0 Å². The third-order valence-corrected chi connectivity index (χ3v) is 7.31. The van der Waals surface area contributed by atoms with E-state index in [1.165, 1.54) is 83.5 Å². The van der Waals surface area contributed by atoms with E-state index in [2.05, 4.69) is 6.92 Å². The molecule has 0 bridgehead atoms. The van der Waals surface area contributed by atoms with E-state index in [9.17, 15) is 18.1 Å². The summed E-state index contributed by atoms with van der Waals surface area (Å²) in [5.74, 6) is 0. The average Bonchev–Trinajstić information content (AvgIpc) is 2.67. The smallest absolute Gasteiger partial charge is 0.267 e. The molecule has 0 aromatic rings. The molecular formula is C24H50O4S. The van der Waals surface area contributed by atoms with Crippen molar-refractivity contribution in [3.8, 4) is 0 Å². The maximum atomic E-state index is 11.3. The monoisotopic (exact) mass is 434 g/mol. The van der Waals surface area contributed by atoms with Crippen LogP contribution in [0.4, 0.5) is 0 Å². The topological polar surface area (TPSA) is 74.6 Å². The van der Waals surface area contributed by atoms with E-state index in [0.29, 0.717) is 19.3 Å². The second kappa shape index (κ2) is 19.8. The van der Waals surface area contributed by atoms with Crippen molar-refractivity contribution in [2.45, 2.75) is 154 Å². The van der Waals surface area contributed by atoms with Gasteiger partial charge >= 0.3 is 0 Å². The third-order valence-electron chi connectivity index (χ3n) is 5.99. The van der Waals surface area contributed by atoms with Crippen molar-refractivity contribution < 1.29 is 18.1 Å². The van der Waals surface area contributed by atoms with Crippen LogP contribution in [0.1, 0.15) is 142 Å².